The number of anilines is 1. The summed E-state index contributed by atoms with van der Waals surface area (Å²) in [4.78, 5) is 35.6. The van der Waals surface area contributed by atoms with Crippen molar-refractivity contribution in [3.8, 4) is 0 Å². The molecule has 0 aliphatic heterocycles. The molecule has 0 bridgehead atoms. The van der Waals surface area contributed by atoms with Gasteiger partial charge in [-0.25, -0.2) is 0 Å². The Kier molecular flexibility index (Phi) is 6.21. The largest absolute Gasteiger partial charge is 0.342 e. The zero-order chi connectivity index (χ0) is 19.1. The van der Waals surface area contributed by atoms with Crippen molar-refractivity contribution in [3.63, 3.8) is 0 Å². The Hall–Kier alpha value is -3.48. The molecule has 134 valence electrons. The zero-order valence-corrected chi connectivity index (χ0v) is 14.5. The first-order valence-corrected chi connectivity index (χ1v) is 7.90. The Labute approximate surface area is 151 Å². The average Bonchev–Trinajstić information content (AvgIpc) is 2.61. The second kappa shape index (κ2) is 8.57. The molecule has 2 rings (SSSR count). The number of carbonyl (C=O) groups excluding carboxylic acids is 2. The fraction of sp³-hybridized carbons (Fsp3) is 0.158. The van der Waals surface area contributed by atoms with Gasteiger partial charge in [0.05, 0.1) is 10.5 Å². The standard InChI is InChI=1S/C19H19N3O4/c1-14(23)21(2)13-16-8-3-5-9-17(16)20-19(24)12-11-15-7-4-6-10-18(15)22(25)26/h3-12H,13H2,1-2H3,(H,20,24)/b12-11+. The Balaban J connectivity index is 2.14. The molecule has 2 aromatic carbocycles. The van der Waals surface area contributed by atoms with Crippen LogP contribution in [0.2, 0.25) is 0 Å². The maximum absolute atomic E-state index is 12.2. The second-order valence-electron chi connectivity index (χ2n) is 5.67. The number of nitrogens with one attached hydrogen (secondary N) is 1. The normalized spacial score (nSPS) is 10.5. The van der Waals surface area contributed by atoms with Crippen molar-refractivity contribution < 1.29 is 14.5 Å². The lowest BCUT2D eigenvalue weighted by Crippen LogP contribution is -2.24. The SMILES string of the molecule is CC(=O)N(C)Cc1ccccc1NC(=O)/C=C/c1ccccc1[N+](=O)[O-]. The predicted octanol–water partition coefficient (Wildman–Crippen LogP) is 3.23. The summed E-state index contributed by atoms with van der Waals surface area (Å²) in [6.07, 6.45) is 2.64. The fourth-order valence-electron chi connectivity index (χ4n) is 2.28. The van der Waals surface area contributed by atoms with Gasteiger partial charge >= 0.3 is 0 Å². The molecule has 2 aromatic rings. The van der Waals surface area contributed by atoms with Gasteiger partial charge in [-0.2, -0.15) is 0 Å². The van der Waals surface area contributed by atoms with Gasteiger partial charge in [0.2, 0.25) is 11.8 Å². The van der Waals surface area contributed by atoms with Crippen LogP contribution in [0.15, 0.2) is 54.6 Å². The minimum absolute atomic E-state index is 0.0694. The number of hydrogen-bond acceptors (Lipinski definition) is 4. The molecular weight excluding hydrogens is 334 g/mol. The summed E-state index contributed by atoms with van der Waals surface area (Å²) in [5.74, 6) is -0.497. The van der Waals surface area contributed by atoms with Crippen LogP contribution in [0.25, 0.3) is 6.08 Å². The van der Waals surface area contributed by atoms with Crippen molar-refractivity contribution in [2.45, 2.75) is 13.5 Å². The van der Waals surface area contributed by atoms with Gasteiger partial charge < -0.3 is 10.2 Å². The fourth-order valence-corrected chi connectivity index (χ4v) is 2.28. The van der Waals surface area contributed by atoms with E-state index in [2.05, 4.69) is 5.32 Å². The Bertz CT molecular complexity index is 861. The first kappa shape index (κ1) is 18.9. The molecule has 0 unspecified atom stereocenters. The third kappa shape index (κ3) is 5.01. The van der Waals surface area contributed by atoms with E-state index >= 15 is 0 Å². The van der Waals surface area contributed by atoms with Crippen molar-refractivity contribution >= 4 is 29.3 Å². The Morgan fingerprint density at radius 3 is 2.50 bits per heavy atom. The predicted molar refractivity (Wildman–Crippen MR) is 99.4 cm³/mol. The highest BCUT2D eigenvalue weighted by Gasteiger charge is 2.11. The van der Waals surface area contributed by atoms with Crippen LogP contribution in [0, 0.1) is 10.1 Å². The molecule has 7 heteroatoms. The van der Waals surface area contributed by atoms with Gasteiger partial charge in [-0.05, 0) is 23.8 Å². The minimum Gasteiger partial charge on any atom is -0.342 e. The van der Waals surface area contributed by atoms with Crippen molar-refractivity contribution in [1.29, 1.82) is 0 Å². The van der Waals surface area contributed by atoms with Crippen molar-refractivity contribution in [1.82, 2.24) is 4.90 Å². The topological polar surface area (TPSA) is 92.6 Å². The Morgan fingerprint density at radius 2 is 1.81 bits per heavy atom. The van der Waals surface area contributed by atoms with E-state index in [1.54, 1.807) is 37.4 Å². The van der Waals surface area contributed by atoms with Gasteiger partial charge in [-0.15, -0.1) is 0 Å². The van der Waals surface area contributed by atoms with Crippen LogP contribution < -0.4 is 5.32 Å². The monoisotopic (exact) mass is 353 g/mol. The highest BCUT2D eigenvalue weighted by Crippen LogP contribution is 2.20. The number of nitrogens with zero attached hydrogens (tertiary/aromatic N) is 2. The van der Waals surface area contributed by atoms with Gasteiger partial charge in [-0.3, -0.25) is 19.7 Å². The molecule has 0 atom stereocenters. The van der Waals surface area contributed by atoms with Crippen LogP contribution in [0.3, 0.4) is 0 Å². The molecule has 0 radical (unpaired) electrons. The summed E-state index contributed by atoms with van der Waals surface area (Å²) >= 11 is 0. The molecule has 26 heavy (non-hydrogen) atoms. The molecule has 2 amide bonds. The van der Waals surface area contributed by atoms with E-state index in [9.17, 15) is 19.7 Å². The van der Waals surface area contributed by atoms with Gasteiger partial charge in [0.15, 0.2) is 0 Å². The summed E-state index contributed by atoms with van der Waals surface area (Å²) < 4.78 is 0. The molecule has 1 N–H and O–H groups in total. The molecule has 0 spiro atoms. The number of benzene rings is 2. The summed E-state index contributed by atoms with van der Waals surface area (Å²) in [6.45, 7) is 1.83. The lowest BCUT2D eigenvalue weighted by atomic mass is 10.1. The maximum atomic E-state index is 12.2. The van der Waals surface area contributed by atoms with Crippen LogP contribution in [0.4, 0.5) is 11.4 Å². The van der Waals surface area contributed by atoms with E-state index in [0.29, 0.717) is 17.8 Å². The number of carbonyl (C=O) groups is 2. The summed E-state index contributed by atoms with van der Waals surface area (Å²) in [5.41, 5.74) is 1.65. The molecule has 0 saturated carbocycles. The molecule has 0 aliphatic rings. The molecule has 0 heterocycles. The van der Waals surface area contributed by atoms with Crippen LogP contribution in [0.1, 0.15) is 18.1 Å². The lowest BCUT2D eigenvalue weighted by Gasteiger charge is -2.17. The van der Waals surface area contributed by atoms with E-state index in [1.807, 2.05) is 12.1 Å². The number of para-hydroxylation sites is 2. The number of nitro benzene ring substituents is 1. The van der Waals surface area contributed by atoms with E-state index in [-0.39, 0.29) is 11.6 Å². The first-order valence-electron chi connectivity index (χ1n) is 7.90. The van der Waals surface area contributed by atoms with Gasteiger partial charge in [-0.1, -0.05) is 30.3 Å². The molecule has 0 aromatic heterocycles. The molecule has 7 nitrogen and oxygen atoms in total. The van der Waals surface area contributed by atoms with Crippen LogP contribution in [-0.2, 0) is 16.1 Å². The molecular formula is C19H19N3O4. The smallest absolute Gasteiger partial charge is 0.276 e. The quantitative estimate of drug-likeness (QED) is 0.490. The number of hydrogen-bond donors (Lipinski definition) is 1. The van der Waals surface area contributed by atoms with Gasteiger partial charge in [0.1, 0.15) is 0 Å². The highest BCUT2D eigenvalue weighted by atomic mass is 16.6. The van der Waals surface area contributed by atoms with E-state index in [1.165, 1.54) is 30.0 Å². The first-order chi connectivity index (χ1) is 12.4. The van der Waals surface area contributed by atoms with Crippen molar-refractivity contribution in [2.24, 2.45) is 0 Å². The molecule has 0 aliphatic carbocycles. The van der Waals surface area contributed by atoms with Crippen LogP contribution in [0.5, 0.6) is 0 Å². The van der Waals surface area contributed by atoms with E-state index in [0.717, 1.165) is 5.56 Å². The number of amides is 2. The highest BCUT2D eigenvalue weighted by molar-refractivity contribution is 6.02. The van der Waals surface area contributed by atoms with E-state index in [4.69, 9.17) is 0 Å². The zero-order valence-electron chi connectivity index (χ0n) is 14.5. The third-order valence-corrected chi connectivity index (χ3v) is 3.77. The van der Waals surface area contributed by atoms with Gasteiger partial charge in [0, 0.05) is 38.3 Å². The number of rotatable bonds is 6. The summed E-state index contributed by atoms with van der Waals surface area (Å²) in [7, 11) is 1.68. The average molecular weight is 353 g/mol. The van der Waals surface area contributed by atoms with Crippen LogP contribution in [-0.4, -0.2) is 28.7 Å². The van der Waals surface area contributed by atoms with Crippen molar-refractivity contribution in [2.75, 3.05) is 12.4 Å². The molecule has 0 saturated heterocycles. The molecule has 0 fully saturated rings. The van der Waals surface area contributed by atoms with Crippen molar-refractivity contribution in [3.05, 3.63) is 75.8 Å². The lowest BCUT2D eigenvalue weighted by molar-refractivity contribution is -0.385. The number of nitro groups is 1. The summed E-state index contributed by atoms with van der Waals surface area (Å²) in [5, 5.41) is 13.7. The third-order valence-electron chi connectivity index (χ3n) is 3.77. The van der Waals surface area contributed by atoms with Gasteiger partial charge in [0.25, 0.3) is 5.69 Å². The van der Waals surface area contributed by atoms with E-state index < -0.39 is 10.8 Å². The maximum Gasteiger partial charge on any atom is 0.276 e. The van der Waals surface area contributed by atoms with Crippen LogP contribution >= 0.6 is 0 Å². The Morgan fingerprint density at radius 1 is 1.15 bits per heavy atom. The second-order valence-corrected chi connectivity index (χ2v) is 5.67. The minimum atomic E-state index is -0.496. The summed E-state index contributed by atoms with van der Waals surface area (Å²) in [6, 6.07) is 13.3.